The molecule has 0 spiro atoms. The van der Waals surface area contributed by atoms with Crippen LogP contribution < -0.4 is 4.72 Å². The minimum atomic E-state index is -3.02. The molecule has 0 aromatic rings. The van der Waals surface area contributed by atoms with Crippen LogP contribution in [-0.2, 0) is 10.0 Å². The number of rotatable bonds is 4. The van der Waals surface area contributed by atoms with Gasteiger partial charge in [-0.1, -0.05) is 0 Å². The molecule has 106 valence electrons. The number of nitrogens with zero attached hydrogens (tertiary/aromatic N) is 1. The van der Waals surface area contributed by atoms with Crippen LogP contribution >= 0.6 is 11.8 Å². The largest absolute Gasteiger partial charge is 0.300 e. The first kappa shape index (κ1) is 14.6. The summed E-state index contributed by atoms with van der Waals surface area (Å²) >= 11 is 2.07. The molecule has 0 radical (unpaired) electrons. The fourth-order valence-corrected chi connectivity index (χ4v) is 4.46. The normalized spacial score (nSPS) is 25.4. The molecule has 2 heterocycles. The minimum Gasteiger partial charge on any atom is -0.300 e. The van der Waals surface area contributed by atoms with E-state index in [4.69, 9.17) is 0 Å². The molecule has 2 rings (SSSR count). The highest BCUT2D eigenvalue weighted by molar-refractivity contribution is 7.99. The molecular formula is C12H24N2O2S2. The van der Waals surface area contributed by atoms with Crippen molar-refractivity contribution in [3.8, 4) is 0 Å². The molecule has 0 aromatic heterocycles. The second kappa shape index (κ2) is 6.59. The van der Waals surface area contributed by atoms with Crippen LogP contribution in [0.15, 0.2) is 0 Å². The van der Waals surface area contributed by atoms with E-state index in [1.807, 2.05) is 0 Å². The van der Waals surface area contributed by atoms with Crippen molar-refractivity contribution >= 4 is 21.8 Å². The van der Waals surface area contributed by atoms with Crippen molar-refractivity contribution in [3.63, 3.8) is 0 Å². The van der Waals surface area contributed by atoms with E-state index in [-0.39, 0.29) is 0 Å². The minimum absolute atomic E-state index is 0.522. The van der Waals surface area contributed by atoms with Gasteiger partial charge in [-0.25, -0.2) is 13.1 Å². The Kier molecular flexibility index (Phi) is 5.35. The third kappa shape index (κ3) is 4.72. The molecule has 0 unspecified atom stereocenters. The lowest BCUT2D eigenvalue weighted by atomic mass is 9.95. The third-order valence-electron chi connectivity index (χ3n) is 3.99. The second-order valence-electron chi connectivity index (χ2n) is 5.44. The van der Waals surface area contributed by atoms with Crippen molar-refractivity contribution in [1.29, 1.82) is 0 Å². The molecule has 0 saturated carbocycles. The van der Waals surface area contributed by atoms with E-state index in [9.17, 15) is 8.42 Å². The number of thioether (sulfide) groups is 1. The highest BCUT2D eigenvalue weighted by Crippen LogP contribution is 2.26. The zero-order valence-electron chi connectivity index (χ0n) is 11.1. The summed E-state index contributed by atoms with van der Waals surface area (Å²) in [5.41, 5.74) is 0. The number of likely N-dealkylation sites (tertiary alicyclic amines) is 1. The molecule has 0 aromatic carbocycles. The second-order valence-corrected chi connectivity index (χ2v) is 8.50. The zero-order chi connectivity index (χ0) is 13.0. The lowest BCUT2D eigenvalue weighted by Crippen LogP contribution is -2.44. The average molecular weight is 292 g/mol. The molecule has 0 atom stereocenters. The Bertz CT molecular complexity index is 345. The van der Waals surface area contributed by atoms with E-state index >= 15 is 0 Å². The van der Waals surface area contributed by atoms with Crippen molar-refractivity contribution in [1.82, 2.24) is 9.62 Å². The van der Waals surface area contributed by atoms with Crippen LogP contribution in [0.5, 0.6) is 0 Å². The van der Waals surface area contributed by atoms with Gasteiger partial charge < -0.3 is 4.90 Å². The molecule has 0 amide bonds. The smallest absolute Gasteiger partial charge is 0.208 e. The standard InChI is InChI=1S/C12H24N2O2S2/c1-18(15,16)13-10-11-2-6-14(7-3-11)12-4-8-17-9-5-12/h11-13H,2-10H2,1H3. The van der Waals surface area contributed by atoms with Crippen LogP contribution in [0.4, 0.5) is 0 Å². The van der Waals surface area contributed by atoms with Gasteiger partial charge in [0.05, 0.1) is 6.26 Å². The number of hydrogen-bond donors (Lipinski definition) is 1. The van der Waals surface area contributed by atoms with Crippen LogP contribution in [0, 0.1) is 5.92 Å². The Hall–Kier alpha value is 0.220. The SMILES string of the molecule is CS(=O)(=O)NCC1CCN(C2CCSCC2)CC1. The predicted octanol–water partition coefficient (Wildman–Crippen LogP) is 1.14. The predicted molar refractivity (Wildman–Crippen MR) is 77.5 cm³/mol. The molecule has 2 saturated heterocycles. The molecule has 2 aliphatic rings. The molecule has 0 aliphatic carbocycles. The summed E-state index contributed by atoms with van der Waals surface area (Å²) in [6.07, 6.45) is 6.16. The van der Waals surface area contributed by atoms with Gasteiger partial charge in [-0.2, -0.15) is 11.8 Å². The fraction of sp³-hybridized carbons (Fsp3) is 1.00. The van der Waals surface area contributed by atoms with Gasteiger partial charge in [-0.05, 0) is 56.2 Å². The Morgan fingerprint density at radius 1 is 1.17 bits per heavy atom. The number of hydrogen-bond acceptors (Lipinski definition) is 4. The third-order valence-corrected chi connectivity index (χ3v) is 5.73. The van der Waals surface area contributed by atoms with Crippen molar-refractivity contribution in [2.24, 2.45) is 5.92 Å². The summed E-state index contributed by atoms with van der Waals surface area (Å²) in [7, 11) is -3.02. The van der Waals surface area contributed by atoms with Gasteiger partial charge in [0, 0.05) is 12.6 Å². The van der Waals surface area contributed by atoms with Crippen LogP contribution in [0.1, 0.15) is 25.7 Å². The highest BCUT2D eigenvalue weighted by Gasteiger charge is 2.26. The van der Waals surface area contributed by atoms with Gasteiger partial charge in [-0.3, -0.25) is 0 Å². The topological polar surface area (TPSA) is 49.4 Å². The van der Waals surface area contributed by atoms with Gasteiger partial charge in [0.15, 0.2) is 0 Å². The van der Waals surface area contributed by atoms with Crippen LogP contribution in [0.3, 0.4) is 0 Å². The molecule has 2 aliphatic heterocycles. The first-order chi connectivity index (χ1) is 8.54. The number of piperidine rings is 1. The first-order valence-corrected chi connectivity index (χ1v) is 9.85. The lowest BCUT2D eigenvalue weighted by molar-refractivity contribution is 0.127. The molecule has 4 nitrogen and oxygen atoms in total. The summed E-state index contributed by atoms with van der Waals surface area (Å²) in [5.74, 6) is 3.13. The van der Waals surface area contributed by atoms with Crippen molar-refractivity contribution in [2.45, 2.75) is 31.7 Å². The first-order valence-electron chi connectivity index (χ1n) is 6.81. The summed E-state index contributed by atoms with van der Waals surface area (Å²) in [6, 6.07) is 0.787. The monoisotopic (exact) mass is 292 g/mol. The van der Waals surface area contributed by atoms with E-state index in [1.165, 1.54) is 30.6 Å². The number of nitrogens with one attached hydrogen (secondary N) is 1. The molecule has 18 heavy (non-hydrogen) atoms. The van der Waals surface area contributed by atoms with Crippen molar-refractivity contribution in [2.75, 3.05) is 37.4 Å². The Labute approximate surface area is 115 Å². The van der Waals surface area contributed by atoms with E-state index < -0.39 is 10.0 Å². The van der Waals surface area contributed by atoms with E-state index in [0.29, 0.717) is 12.5 Å². The Morgan fingerprint density at radius 2 is 1.78 bits per heavy atom. The van der Waals surface area contributed by atoms with E-state index in [1.54, 1.807) is 0 Å². The maximum atomic E-state index is 11.1. The summed E-state index contributed by atoms with van der Waals surface area (Å²) in [4.78, 5) is 2.62. The van der Waals surface area contributed by atoms with E-state index in [2.05, 4.69) is 21.4 Å². The van der Waals surface area contributed by atoms with Crippen LogP contribution in [0.2, 0.25) is 0 Å². The number of sulfonamides is 1. The summed E-state index contributed by atoms with van der Waals surface area (Å²) in [5, 5.41) is 0. The lowest BCUT2D eigenvalue weighted by Gasteiger charge is -2.39. The summed E-state index contributed by atoms with van der Waals surface area (Å²) < 4.78 is 24.8. The molecule has 2 fully saturated rings. The molecule has 6 heteroatoms. The van der Waals surface area contributed by atoms with Crippen molar-refractivity contribution in [3.05, 3.63) is 0 Å². The van der Waals surface area contributed by atoms with Crippen LogP contribution in [-0.4, -0.2) is 56.8 Å². The van der Waals surface area contributed by atoms with Gasteiger partial charge in [0.2, 0.25) is 10.0 Å². The van der Waals surface area contributed by atoms with Crippen molar-refractivity contribution < 1.29 is 8.42 Å². The fourth-order valence-electron chi connectivity index (χ4n) is 2.84. The van der Waals surface area contributed by atoms with Gasteiger partial charge in [0.25, 0.3) is 0 Å². The van der Waals surface area contributed by atoms with Gasteiger partial charge in [0.1, 0.15) is 0 Å². The maximum Gasteiger partial charge on any atom is 0.208 e. The van der Waals surface area contributed by atoms with E-state index in [0.717, 1.165) is 32.0 Å². The molecular weight excluding hydrogens is 268 g/mol. The summed E-state index contributed by atoms with van der Waals surface area (Å²) in [6.45, 7) is 2.91. The quantitative estimate of drug-likeness (QED) is 0.844. The maximum absolute atomic E-state index is 11.1. The molecule has 0 bridgehead atoms. The Morgan fingerprint density at radius 3 is 2.33 bits per heavy atom. The highest BCUT2D eigenvalue weighted by atomic mass is 32.2. The zero-order valence-corrected chi connectivity index (χ0v) is 12.7. The van der Waals surface area contributed by atoms with Gasteiger partial charge >= 0.3 is 0 Å². The Balaban J connectivity index is 1.70. The van der Waals surface area contributed by atoms with Crippen LogP contribution in [0.25, 0.3) is 0 Å². The van der Waals surface area contributed by atoms with Gasteiger partial charge in [-0.15, -0.1) is 0 Å². The molecule has 1 N–H and O–H groups in total. The average Bonchev–Trinajstić information content (AvgIpc) is 2.37.